The minimum absolute atomic E-state index is 0.197. The lowest BCUT2D eigenvalue weighted by atomic mass is 9.89. The second kappa shape index (κ2) is 10.5. The van der Waals surface area contributed by atoms with Gasteiger partial charge in [0.2, 0.25) is 5.91 Å². The monoisotopic (exact) mass is 406 g/mol. The molecule has 1 amide bonds. The van der Waals surface area contributed by atoms with Crippen molar-refractivity contribution < 1.29 is 4.79 Å². The van der Waals surface area contributed by atoms with E-state index in [0.29, 0.717) is 18.1 Å². The second-order valence-electron chi connectivity index (χ2n) is 7.51. The van der Waals surface area contributed by atoms with E-state index in [1.807, 2.05) is 12.1 Å². The maximum Gasteiger partial charge on any atom is 0.223 e. The number of guanidine groups is 1. The zero-order valence-corrected chi connectivity index (χ0v) is 17.3. The van der Waals surface area contributed by atoms with E-state index in [0.717, 1.165) is 44.1 Å². The van der Waals surface area contributed by atoms with Crippen LogP contribution in [0, 0.1) is 5.92 Å². The predicted molar refractivity (Wildman–Crippen MR) is 114 cm³/mol. The Kier molecular flexibility index (Phi) is 7.77. The van der Waals surface area contributed by atoms with Crippen molar-refractivity contribution in [2.24, 2.45) is 10.9 Å². The van der Waals surface area contributed by atoms with E-state index in [4.69, 9.17) is 11.6 Å². The number of nitrogens with zero attached hydrogens (tertiary/aromatic N) is 3. The van der Waals surface area contributed by atoms with Crippen LogP contribution in [0.2, 0.25) is 5.02 Å². The molecule has 0 bridgehead atoms. The third-order valence-electron chi connectivity index (χ3n) is 5.48. The molecule has 1 atom stereocenters. The summed E-state index contributed by atoms with van der Waals surface area (Å²) in [4.78, 5) is 23.1. The Balaban J connectivity index is 1.37. The molecule has 1 aliphatic carbocycles. The fraction of sp³-hybridized carbons (Fsp3) is 0.650. The van der Waals surface area contributed by atoms with Crippen molar-refractivity contribution in [3.8, 4) is 0 Å². The summed E-state index contributed by atoms with van der Waals surface area (Å²) in [5.41, 5.74) is 0. The standard InChI is InChI=1S/C20H31ClN6O/c1-22-20(25-12-11-24-19(28)15-6-3-2-4-7-15)26-16-9-13-27(14-16)18-17(21)8-5-10-23-18/h5,8,10,15-16H,2-4,6-7,9,11-14H2,1H3,(H,24,28)(H2,22,25,26). The molecule has 154 valence electrons. The summed E-state index contributed by atoms with van der Waals surface area (Å²) in [6, 6.07) is 3.99. The van der Waals surface area contributed by atoms with Gasteiger partial charge in [0.25, 0.3) is 0 Å². The van der Waals surface area contributed by atoms with Crippen LogP contribution >= 0.6 is 11.6 Å². The van der Waals surface area contributed by atoms with Gasteiger partial charge < -0.3 is 20.9 Å². The second-order valence-corrected chi connectivity index (χ2v) is 7.92. The summed E-state index contributed by atoms with van der Waals surface area (Å²) in [5, 5.41) is 10.5. The average molecular weight is 407 g/mol. The molecule has 28 heavy (non-hydrogen) atoms. The zero-order chi connectivity index (χ0) is 19.8. The summed E-state index contributed by atoms with van der Waals surface area (Å²) in [5.74, 6) is 1.99. The highest BCUT2D eigenvalue weighted by Crippen LogP contribution is 2.26. The van der Waals surface area contributed by atoms with E-state index < -0.39 is 0 Å². The Hall–Kier alpha value is -2.02. The molecule has 2 fully saturated rings. The highest BCUT2D eigenvalue weighted by Gasteiger charge is 2.25. The van der Waals surface area contributed by atoms with Gasteiger partial charge in [-0.1, -0.05) is 30.9 Å². The third kappa shape index (κ3) is 5.74. The molecular formula is C20H31ClN6O. The van der Waals surface area contributed by atoms with Crippen LogP contribution < -0.4 is 20.9 Å². The van der Waals surface area contributed by atoms with Crippen molar-refractivity contribution in [3.05, 3.63) is 23.4 Å². The molecule has 0 spiro atoms. The van der Waals surface area contributed by atoms with Crippen LogP contribution in [-0.2, 0) is 4.79 Å². The van der Waals surface area contributed by atoms with Crippen molar-refractivity contribution in [1.29, 1.82) is 0 Å². The van der Waals surface area contributed by atoms with Crippen LogP contribution in [-0.4, -0.2) is 56.1 Å². The van der Waals surface area contributed by atoms with Crippen LogP contribution in [0.3, 0.4) is 0 Å². The fourth-order valence-electron chi connectivity index (χ4n) is 3.94. The first-order chi connectivity index (χ1) is 13.7. The van der Waals surface area contributed by atoms with Crippen molar-refractivity contribution in [2.75, 3.05) is 38.1 Å². The van der Waals surface area contributed by atoms with E-state index in [1.54, 1.807) is 13.2 Å². The van der Waals surface area contributed by atoms with E-state index >= 15 is 0 Å². The number of carbonyl (C=O) groups excluding carboxylic acids is 1. The molecule has 1 aromatic heterocycles. The minimum Gasteiger partial charge on any atom is -0.355 e. The summed E-state index contributed by atoms with van der Waals surface area (Å²) in [6.45, 7) is 3.00. The molecule has 3 N–H and O–H groups in total. The van der Waals surface area contributed by atoms with Gasteiger partial charge in [-0.15, -0.1) is 0 Å². The number of rotatable bonds is 6. The lowest BCUT2D eigenvalue weighted by Gasteiger charge is -2.21. The van der Waals surface area contributed by atoms with Gasteiger partial charge in [-0.05, 0) is 31.4 Å². The number of amides is 1. The van der Waals surface area contributed by atoms with E-state index in [1.165, 1.54) is 19.3 Å². The van der Waals surface area contributed by atoms with Crippen LogP contribution in [0.4, 0.5) is 5.82 Å². The van der Waals surface area contributed by atoms with Gasteiger partial charge >= 0.3 is 0 Å². The lowest BCUT2D eigenvalue weighted by Crippen LogP contribution is -2.47. The van der Waals surface area contributed by atoms with E-state index in [9.17, 15) is 4.79 Å². The SMILES string of the molecule is CN=C(NCCNC(=O)C1CCCCC1)NC1CCN(c2ncccc2Cl)C1. The van der Waals surface area contributed by atoms with Crippen LogP contribution in [0.25, 0.3) is 0 Å². The molecule has 2 aliphatic rings. The Bertz CT molecular complexity index is 676. The van der Waals surface area contributed by atoms with E-state index in [2.05, 4.69) is 30.8 Å². The number of pyridine rings is 1. The molecule has 3 rings (SSSR count). The Morgan fingerprint density at radius 3 is 2.79 bits per heavy atom. The highest BCUT2D eigenvalue weighted by atomic mass is 35.5. The van der Waals surface area contributed by atoms with Crippen LogP contribution in [0.1, 0.15) is 38.5 Å². The van der Waals surface area contributed by atoms with Crippen molar-refractivity contribution in [2.45, 2.75) is 44.6 Å². The van der Waals surface area contributed by atoms with E-state index in [-0.39, 0.29) is 17.9 Å². The predicted octanol–water partition coefficient (Wildman–Crippen LogP) is 2.18. The van der Waals surface area contributed by atoms with Gasteiger partial charge in [0.1, 0.15) is 5.82 Å². The Morgan fingerprint density at radius 2 is 2.04 bits per heavy atom. The summed E-state index contributed by atoms with van der Waals surface area (Å²) in [7, 11) is 1.76. The molecule has 1 saturated carbocycles. The Labute approximate surface area is 172 Å². The summed E-state index contributed by atoms with van der Waals surface area (Å²) in [6.07, 6.45) is 8.43. The molecule has 1 unspecified atom stereocenters. The lowest BCUT2D eigenvalue weighted by molar-refractivity contribution is -0.125. The number of nitrogens with one attached hydrogen (secondary N) is 3. The Morgan fingerprint density at radius 1 is 1.25 bits per heavy atom. The smallest absolute Gasteiger partial charge is 0.223 e. The average Bonchev–Trinajstić information content (AvgIpc) is 3.19. The minimum atomic E-state index is 0.197. The van der Waals surface area contributed by atoms with Gasteiger partial charge in [-0.2, -0.15) is 0 Å². The maximum atomic E-state index is 12.2. The molecule has 7 nitrogen and oxygen atoms in total. The quantitative estimate of drug-likeness (QED) is 0.383. The van der Waals surface area contributed by atoms with Gasteiger partial charge in [0, 0.05) is 51.4 Å². The van der Waals surface area contributed by atoms with Crippen LogP contribution in [0.5, 0.6) is 0 Å². The van der Waals surface area contributed by atoms with Gasteiger partial charge in [0.05, 0.1) is 5.02 Å². The number of anilines is 1. The number of aromatic nitrogens is 1. The normalized spacial score (nSPS) is 20.9. The van der Waals surface area contributed by atoms with Gasteiger partial charge in [0.15, 0.2) is 5.96 Å². The van der Waals surface area contributed by atoms with Gasteiger partial charge in [-0.3, -0.25) is 9.79 Å². The fourth-order valence-corrected chi connectivity index (χ4v) is 4.19. The number of halogens is 1. The summed E-state index contributed by atoms with van der Waals surface area (Å²) < 4.78 is 0. The summed E-state index contributed by atoms with van der Waals surface area (Å²) >= 11 is 6.26. The zero-order valence-electron chi connectivity index (χ0n) is 16.6. The molecule has 1 aliphatic heterocycles. The first-order valence-electron chi connectivity index (χ1n) is 10.3. The maximum absolute atomic E-state index is 12.2. The molecular weight excluding hydrogens is 376 g/mol. The number of hydrogen-bond donors (Lipinski definition) is 3. The van der Waals surface area contributed by atoms with Crippen molar-refractivity contribution in [1.82, 2.24) is 20.9 Å². The molecule has 2 heterocycles. The highest BCUT2D eigenvalue weighted by molar-refractivity contribution is 6.32. The first kappa shape index (κ1) is 20.7. The van der Waals surface area contributed by atoms with Crippen LogP contribution in [0.15, 0.2) is 23.3 Å². The van der Waals surface area contributed by atoms with Crippen molar-refractivity contribution >= 4 is 29.3 Å². The topological polar surface area (TPSA) is 81.6 Å². The van der Waals surface area contributed by atoms with Crippen molar-refractivity contribution in [3.63, 3.8) is 0 Å². The molecule has 0 aromatic carbocycles. The molecule has 0 radical (unpaired) electrons. The number of hydrogen-bond acceptors (Lipinski definition) is 4. The first-order valence-corrected chi connectivity index (χ1v) is 10.7. The van der Waals surface area contributed by atoms with Gasteiger partial charge in [-0.25, -0.2) is 4.98 Å². The molecule has 1 saturated heterocycles. The number of carbonyl (C=O) groups is 1. The third-order valence-corrected chi connectivity index (χ3v) is 5.78. The largest absolute Gasteiger partial charge is 0.355 e. The number of aliphatic imine (C=N–C) groups is 1. The molecule has 1 aromatic rings. The molecule has 8 heteroatoms.